The first-order chi connectivity index (χ1) is 20.9. The van der Waals surface area contributed by atoms with Gasteiger partial charge in [0.05, 0.1) is 12.2 Å². The van der Waals surface area contributed by atoms with E-state index < -0.39 is 53.6 Å². The van der Waals surface area contributed by atoms with Crippen molar-refractivity contribution in [2.75, 3.05) is 24.7 Å². The molecule has 2 aliphatic heterocycles. The molecule has 44 heavy (non-hydrogen) atoms. The number of rotatable bonds is 10. The smallest absolute Gasteiger partial charge is 0.416 e. The van der Waals surface area contributed by atoms with Gasteiger partial charge in [-0.2, -0.15) is 13.2 Å². The maximum Gasteiger partial charge on any atom is 0.416 e. The van der Waals surface area contributed by atoms with Crippen molar-refractivity contribution >= 4 is 18.1 Å². The van der Waals surface area contributed by atoms with E-state index in [0.717, 1.165) is 17.4 Å². The molecule has 1 N–H and O–H groups in total. The summed E-state index contributed by atoms with van der Waals surface area (Å²) in [7, 11) is 1.70. The largest absolute Gasteiger partial charge is 0.439 e. The predicted molar refractivity (Wildman–Crippen MR) is 146 cm³/mol. The lowest BCUT2D eigenvalue weighted by atomic mass is 9.60. The van der Waals surface area contributed by atoms with Gasteiger partial charge in [-0.1, -0.05) is 12.1 Å². The van der Waals surface area contributed by atoms with E-state index in [1.807, 2.05) is 0 Å². The number of halogens is 5. The van der Waals surface area contributed by atoms with Gasteiger partial charge >= 0.3 is 6.18 Å². The Morgan fingerprint density at radius 1 is 1.20 bits per heavy atom. The Kier molecular flexibility index (Phi) is 7.68. The summed E-state index contributed by atoms with van der Waals surface area (Å²) >= 11 is 0. The number of benzene rings is 2. The second-order valence-corrected chi connectivity index (χ2v) is 11.8. The second-order valence-electron chi connectivity index (χ2n) is 11.8. The zero-order chi connectivity index (χ0) is 31.3. The number of aromatic nitrogens is 3. The molecule has 3 aliphatic rings. The fourth-order valence-corrected chi connectivity index (χ4v) is 6.58. The van der Waals surface area contributed by atoms with Crippen molar-refractivity contribution in [1.82, 2.24) is 20.1 Å². The Morgan fingerprint density at radius 2 is 2.00 bits per heavy atom. The van der Waals surface area contributed by atoms with E-state index in [1.54, 1.807) is 23.7 Å². The Bertz CT molecular complexity index is 1560. The molecular formula is C30H30F5N5O4. The number of hydrogen-bond donors (Lipinski definition) is 1. The van der Waals surface area contributed by atoms with Crippen LogP contribution < -0.4 is 10.2 Å². The molecule has 2 fully saturated rings. The lowest BCUT2D eigenvalue weighted by molar-refractivity contribution is -0.142. The Hall–Kier alpha value is -3.91. The highest BCUT2D eigenvalue weighted by Crippen LogP contribution is 2.56. The molecule has 0 spiro atoms. The van der Waals surface area contributed by atoms with Gasteiger partial charge in [0, 0.05) is 68.2 Å². The van der Waals surface area contributed by atoms with Gasteiger partial charge in [-0.25, -0.2) is 8.78 Å². The zero-order valence-electron chi connectivity index (χ0n) is 23.7. The maximum atomic E-state index is 14.4. The molecule has 0 radical (unpaired) electrons. The van der Waals surface area contributed by atoms with Crippen LogP contribution in [-0.2, 0) is 45.9 Å². The number of nitrogens with one attached hydrogen (secondary N) is 1. The van der Waals surface area contributed by atoms with Crippen LogP contribution in [-0.4, -0.2) is 52.8 Å². The number of aryl methyl sites for hydroxylation is 1. The highest BCUT2D eigenvalue weighted by Gasteiger charge is 2.58. The topological polar surface area (TPSA) is 98.6 Å². The number of anilines is 1. The molecule has 0 bridgehead atoms. The third-order valence-corrected chi connectivity index (χ3v) is 8.68. The number of amides is 1. The summed E-state index contributed by atoms with van der Waals surface area (Å²) < 4.78 is 84.1. The fourth-order valence-electron chi connectivity index (χ4n) is 6.58. The number of ether oxygens (including phenoxy) is 2. The minimum absolute atomic E-state index is 0.00869. The third-order valence-electron chi connectivity index (χ3n) is 8.68. The minimum Gasteiger partial charge on any atom is -0.439 e. The fraction of sp³-hybridized carbons (Fsp3) is 0.467. The lowest BCUT2D eigenvalue weighted by Crippen LogP contribution is -2.51. The molecule has 3 aromatic rings. The summed E-state index contributed by atoms with van der Waals surface area (Å²) in [5.74, 6) is -3.00. The summed E-state index contributed by atoms with van der Waals surface area (Å²) in [6, 6.07) is 8.48. The molecular weight excluding hydrogens is 589 g/mol. The van der Waals surface area contributed by atoms with Crippen molar-refractivity contribution in [2.45, 2.75) is 56.0 Å². The molecule has 14 heteroatoms. The highest BCUT2D eigenvalue weighted by atomic mass is 19.4. The van der Waals surface area contributed by atoms with Crippen molar-refractivity contribution < 1.29 is 41.0 Å². The van der Waals surface area contributed by atoms with E-state index in [-0.39, 0.29) is 42.2 Å². The maximum absolute atomic E-state index is 14.4. The monoisotopic (exact) mass is 619 g/mol. The highest BCUT2D eigenvalue weighted by molar-refractivity contribution is 6.11. The molecule has 1 saturated carbocycles. The molecule has 3 heterocycles. The molecule has 1 aromatic heterocycles. The summed E-state index contributed by atoms with van der Waals surface area (Å²) in [4.78, 5) is 26.4. The molecule has 2 unspecified atom stereocenters. The van der Waals surface area contributed by atoms with Crippen molar-refractivity contribution in [3.8, 4) is 0 Å². The number of alkyl halides is 5. The van der Waals surface area contributed by atoms with Gasteiger partial charge in [0.15, 0.2) is 0 Å². The molecule has 6 rings (SSSR count). The first-order valence-electron chi connectivity index (χ1n) is 14.2. The normalized spacial score (nSPS) is 22.1. The Labute approximate surface area is 249 Å². The van der Waals surface area contributed by atoms with E-state index >= 15 is 0 Å². The molecule has 2 aromatic carbocycles. The van der Waals surface area contributed by atoms with E-state index in [1.165, 1.54) is 24.5 Å². The van der Waals surface area contributed by atoms with Gasteiger partial charge in [0.2, 0.25) is 12.2 Å². The van der Waals surface area contributed by atoms with Gasteiger partial charge in [0.1, 0.15) is 12.2 Å². The van der Waals surface area contributed by atoms with Crippen LogP contribution >= 0.6 is 0 Å². The average Bonchev–Trinajstić information content (AvgIpc) is 3.68. The summed E-state index contributed by atoms with van der Waals surface area (Å²) in [5.41, 5.74) is -2.07. The van der Waals surface area contributed by atoms with Crippen molar-refractivity contribution in [1.29, 1.82) is 0 Å². The van der Waals surface area contributed by atoms with Crippen LogP contribution in [0.2, 0.25) is 0 Å². The molecule has 2 atom stereocenters. The summed E-state index contributed by atoms with van der Waals surface area (Å²) in [6.45, 7) is 1.81. The first-order valence-corrected chi connectivity index (χ1v) is 14.2. The lowest BCUT2D eigenvalue weighted by Gasteiger charge is -2.48. The summed E-state index contributed by atoms with van der Waals surface area (Å²) in [5, 5.41) is 11.0. The summed E-state index contributed by atoms with van der Waals surface area (Å²) in [6.07, 6.45) is -5.10. The molecule has 9 nitrogen and oxygen atoms in total. The molecule has 1 aliphatic carbocycles. The average molecular weight is 620 g/mol. The van der Waals surface area contributed by atoms with Crippen molar-refractivity contribution in [3.05, 3.63) is 76.4 Å². The minimum atomic E-state index is -4.86. The first kappa shape index (κ1) is 30.1. The predicted octanol–water partition coefficient (Wildman–Crippen LogP) is 4.70. The number of carbonyl (C=O) groups excluding carboxylic acids is 2. The van der Waals surface area contributed by atoms with Gasteiger partial charge in [-0.05, 0) is 47.7 Å². The number of fused-ring (bicyclic) bond motifs is 1. The van der Waals surface area contributed by atoms with Crippen LogP contribution in [0.15, 0.2) is 42.7 Å². The van der Waals surface area contributed by atoms with Crippen LogP contribution in [0.1, 0.15) is 63.9 Å². The van der Waals surface area contributed by atoms with Crippen LogP contribution in [0.5, 0.6) is 0 Å². The van der Waals surface area contributed by atoms with Gasteiger partial charge in [-0.3, -0.25) is 14.5 Å². The molecule has 1 amide bonds. The van der Waals surface area contributed by atoms with E-state index in [2.05, 4.69) is 15.5 Å². The van der Waals surface area contributed by atoms with Gasteiger partial charge in [0.25, 0.3) is 12.4 Å². The van der Waals surface area contributed by atoms with E-state index in [9.17, 15) is 31.5 Å². The van der Waals surface area contributed by atoms with Crippen LogP contribution in [0.3, 0.4) is 0 Å². The molecule has 234 valence electrons. The molecule has 1 saturated heterocycles. The number of nitrogens with zero attached hydrogens (tertiary/aromatic N) is 4. The Balaban J connectivity index is 1.36. The quantitative estimate of drug-likeness (QED) is 0.260. The number of hydrogen-bond acceptors (Lipinski definition) is 7. The van der Waals surface area contributed by atoms with Gasteiger partial charge in [-0.15, -0.1) is 10.2 Å². The van der Waals surface area contributed by atoms with E-state index in [0.29, 0.717) is 31.1 Å². The second kappa shape index (κ2) is 11.2. The Morgan fingerprint density at radius 3 is 2.64 bits per heavy atom. The van der Waals surface area contributed by atoms with Crippen molar-refractivity contribution in [3.63, 3.8) is 0 Å². The van der Waals surface area contributed by atoms with Crippen LogP contribution in [0.4, 0.5) is 27.6 Å². The third kappa shape index (κ3) is 5.56. The zero-order valence-corrected chi connectivity index (χ0v) is 23.7. The van der Waals surface area contributed by atoms with Crippen LogP contribution in [0, 0.1) is 5.92 Å². The standard InChI is InChI=1S/C30H30F5N5O4/c1-39-16-37-38-24(39)10-28(14-29(31,32)15-28)20-3-2-4-21(9-20)40-26(42)22-7-19(12-36-11-18-5-6-43-13-18)8-23(30(33,34)35)25(22)27(40)44-17-41/h2-4,7-9,16-18,27,36H,5-6,10-15H2,1H3. The number of carbonyl (C=O) groups is 2. The van der Waals surface area contributed by atoms with Crippen LogP contribution in [0.25, 0.3) is 0 Å². The van der Waals surface area contributed by atoms with E-state index in [4.69, 9.17) is 9.47 Å². The SMILES string of the molecule is Cn1cnnc1CC1(c2cccc(N3C(=O)c4cc(CNCC5CCOC5)cc(C(F)(F)F)c4C3OC=O)c2)CC(F)(F)C1. The van der Waals surface area contributed by atoms with Gasteiger partial charge < -0.3 is 19.4 Å². The van der Waals surface area contributed by atoms with Crippen molar-refractivity contribution in [2.24, 2.45) is 13.0 Å².